The van der Waals surface area contributed by atoms with Crippen LogP contribution in [0.5, 0.6) is 0 Å². The van der Waals surface area contributed by atoms with Crippen LogP contribution >= 0.6 is 0 Å². The molecule has 0 radical (unpaired) electrons. The quantitative estimate of drug-likeness (QED) is 0.725. The number of hydrogen-bond donors (Lipinski definition) is 3. The number of nitrogen functional groups attached to an aromatic ring is 1. The normalized spacial score (nSPS) is 28.2. The molecule has 5 nitrogen and oxygen atoms in total. The second-order valence-corrected chi connectivity index (χ2v) is 7.04. The van der Waals surface area contributed by atoms with E-state index in [0.717, 1.165) is 12.8 Å². The van der Waals surface area contributed by atoms with Crippen LogP contribution in [0.2, 0.25) is 0 Å². The first-order valence-electron chi connectivity index (χ1n) is 6.51. The fourth-order valence-corrected chi connectivity index (χ4v) is 3.86. The van der Waals surface area contributed by atoms with Gasteiger partial charge in [-0.05, 0) is 51.0 Å². The molecule has 106 valence electrons. The largest absolute Gasteiger partial charge is 0.399 e. The van der Waals surface area contributed by atoms with Crippen LogP contribution in [0, 0.1) is 0 Å². The Morgan fingerprint density at radius 2 is 1.68 bits per heavy atom. The van der Waals surface area contributed by atoms with Crippen molar-refractivity contribution < 1.29 is 8.42 Å². The highest BCUT2D eigenvalue weighted by atomic mass is 32.2. The third-order valence-electron chi connectivity index (χ3n) is 3.36. The minimum atomic E-state index is -3.46. The van der Waals surface area contributed by atoms with Gasteiger partial charge in [0.15, 0.2) is 0 Å². The van der Waals surface area contributed by atoms with E-state index < -0.39 is 10.0 Å². The molecule has 19 heavy (non-hydrogen) atoms. The molecule has 1 aromatic rings. The molecule has 1 aromatic carbocycles. The van der Waals surface area contributed by atoms with Crippen LogP contribution in [-0.2, 0) is 10.0 Å². The van der Waals surface area contributed by atoms with Gasteiger partial charge in [0.05, 0.1) is 4.90 Å². The van der Waals surface area contributed by atoms with E-state index in [-0.39, 0.29) is 10.9 Å². The number of nitrogens with one attached hydrogen (secondary N) is 2. The number of rotatable bonds is 3. The third-order valence-corrected chi connectivity index (χ3v) is 4.89. The molecular weight excluding hydrogens is 262 g/mol. The number of anilines is 1. The Morgan fingerprint density at radius 3 is 2.21 bits per heavy atom. The van der Waals surface area contributed by atoms with Gasteiger partial charge in [-0.2, -0.15) is 0 Å². The number of sulfonamides is 1. The fraction of sp³-hybridized carbons (Fsp3) is 0.538. The van der Waals surface area contributed by atoms with Gasteiger partial charge in [0.1, 0.15) is 0 Å². The highest BCUT2D eigenvalue weighted by molar-refractivity contribution is 7.89. The van der Waals surface area contributed by atoms with Gasteiger partial charge in [-0.3, -0.25) is 0 Å². The molecule has 2 rings (SSSR count). The predicted molar refractivity (Wildman–Crippen MR) is 76.3 cm³/mol. The number of hydrogen-bond acceptors (Lipinski definition) is 4. The molecule has 0 aromatic heterocycles. The standard InChI is InChI=1S/C13H21N3O2S/c1-9-7-12(8-10(2)15-9)16-19(17,18)13-5-3-11(14)4-6-13/h3-6,9-10,12,15-16H,7-8,14H2,1-2H3. The molecule has 4 N–H and O–H groups in total. The summed E-state index contributed by atoms with van der Waals surface area (Å²) in [5.74, 6) is 0. The molecule has 2 unspecified atom stereocenters. The van der Waals surface area contributed by atoms with E-state index in [9.17, 15) is 8.42 Å². The van der Waals surface area contributed by atoms with Crippen LogP contribution in [-0.4, -0.2) is 26.5 Å². The van der Waals surface area contributed by atoms with Crippen molar-refractivity contribution in [2.45, 2.75) is 49.7 Å². The summed E-state index contributed by atoms with van der Waals surface area (Å²) in [6.07, 6.45) is 1.61. The molecule has 0 aliphatic carbocycles. The van der Waals surface area contributed by atoms with Gasteiger partial charge in [-0.1, -0.05) is 0 Å². The van der Waals surface area contributed by atoms with Crippen molar-refractivity contribution in [2.75, 3.05) is 5.73 Å². The van der Waals surface area contributed by atoms with Crippen LogP contribution in [0.25, 0.3) is 0 Å². The van der Waals surface area contributed by atoms with E-state index in [1.165, 1.54) is 12.1 Å². The number of nitrogens with two attached hydrogens (primary N) is 1. The summed E-state index contributed by atoms with van der Waals surface area (Å²) in [6, 6.07) is 6.89. The summed E-state index contributed by atoms with van der Waals surface area (Å²) in [4.78, 5) is 0.264. The lowest BCUT2D eigenvalue weighted by atomic mass is 9.96. The van der Waals surface area contributed by atoms with Crippen molar-refractivity contribution in [1.29, 1.82) is 0 Å². The highest BCUT2D eigenvalue weighted by Gasteiger charge is 2.27. The van der Waals surface area contributed by atoms with Crippen LogP contribution in [0.4, 0.5) is 5.69 Å². The third kappa shape index (κ3) is 3.68. The molecule has 1 heterocycles. The van der Waals surface area contributed by atoms with Crippen molar-refractivity contribution in [2.24, 2.45) is 0 Å². The molecular formula is C13H21N3O2S. The number of piperidine rings is 1. The van der Waals surface area contributed by atoms with Gasteiger partial charge in [-0.25, -0.2) is 13.1 Å². The van der Waals surface area contributed by atoms with Gasteiger partial charge in [0.25, 0.3) is 0 Å². The molecule has 1 saturated heterocycles. The minimum Gasteiger partial charge on any atom is -0.399 e. The molecule has 0 bridgehead atoms. The van der Waals surface area contributed by atoms with Gasteiger partial charge < -0.3 is 11.1 Å². The van der Waals surface area contributed by atoms with Crippen LogP contribution < -0.4 is 15.8 Å². The summed E-state index contributed by atoms with van der Waals surface area (Å²) in [5.41, 5.74) is 6.13. The second kappa shape index (κ2) is 5.48. The molecule has 2 atom stereocenters. The first-order chi connectivity index (χ1) is 8.87. The summed E-state index contributed by atoms with van der Waals surface area (Å²) in [5, 5.41) is 3.39. The molecule has 0 saturated carbocycles. The zero-order chi connectivity index (χ0) is 14.0. The zero-order valence-corrected chi connectivity index (χ0v) is 12.1. The smallest absolute Gasteiger partial charge is 0.240 e. The van der Waals surface area contributed by atoms with Crippen molar-refractivity contribution in [3.05, 3.63) is 24.3 Å². The predicted octanol–water partition coefficient (Wildman–Crippen LogP) is 1.08. The van der Waals surface area contributed by atoms with E-state index in [0.29, 0.717) is 17.8 Å². The molecule has 1 aliphatic heterocycles. The first kappa shape index (κ1) is 14.3. The maximum Gasteiger partial charge on any atom is 0.240 e. The Balaban J connectivity index is 2.10. The lowest BCUT2D eigenvalue weighted by Gasteiger charge is -2.33. The van der Waals surface area contributed by atoms with Crippen molar-refractivity contribution in [3.8, 4) is 0 Å². The fourth-order valence-electron chi connectivity index (χ4n) is 2.60. The summed E-state index contributed by atoms with van der Waals surface area (Å²) < 4.78 is 27.3. The number of benzene rings is 1. The van der Waals surface area contributed by atoms with Crippen molar-refractivity contribution in [1.82, 2.24) is 10.0 Å². The Labute approximate surface area is 114 Å². The van der Waals surface area contributed by atoms with Crippen molar-refractivity contribution >= 4 is 15.7 Å². The Morgan fingerprint density at radius 1 is 1.16 bits per heavy atom. The van der Waals surface area contributed by atoms with E-state index in [1.807, 2.05) is 0 Å². The molecule has 1 aliphatic rings. The lowest BCUT2D eigenvalue weighted by molar-refractivity contribution is 0.303. The van der Waals surface area contributed by atoms with E-state index in [1.54, 1.807) is 12.1 Å². The maximum atomic E-state index is 12.3. The second-order valence-electron chi connectivity index (χ2n) is 5.33. The lowest BCUT2D eigenvalue weighted by Crippen LogP contribution is -2.50. The van der Waals surface area contributed by atoms with Gasteiger partial charge >= 0.3 is 0 Å². The molecule has 1 fully saturated rings. The van der Waals surface area contributed by atoms with Crippen LogP contribution in [0.1, 0.15) is 26.7 Å². The maximum absolute atomic E-state index is 12.3. The van der Waals surface area contributed by atoms with Crippen molar-refractivity contribution in [3.63, 3.8) is 0 Å². The topological polar surface area (TPSA) is 84.2 Å². The Kier molecular flexibility index (Phi) is 4.13. The molecule has 0 amide bonds. The van der Waals surface area contributed by atoms with Gasteiger partial charge in [0, 0.05) is 23.8 Å². The average Bonchev–Trinajstić information content (AvgIpc) is 2.27. The van der Waals surface area contributed by atoms with E-state index >= 15 is 0 Å². The Bertz CT molecular complexity index is 517. The SMILES string of the molecule is CC1CC(NS(=O)(=O)c2ccc(N)cc2)CC(C)N1. The van der Waals surface area contributed by atoms with Gasteiger partial charge in [-0.15, -0.1) is 0 Å². The minimum absolute atomic E-state index is 0.0196. The van der Waals surface area contributed by atoms with E-state index in [2.05, 4.69) is 23.9 Å². The van der Waals surface area contributed by atoms with Crippen LogP contribution in [0.15, 0.2) is 29.2 Å². The average molecular weight is 283 g/mol. The highest BCUT2D eigenvalue weighted by Crippen LogP contribution is 2.17. The first-order valence-corrected chi connectivity index (χ1v) is 7.99. The summed E-state index contributed by atoms with van der Waals surface area (Å²) >= 11 is 0. The molecule has 6 heteroatoms. The molecule has 0 spiro atoms. The summed E-state index contributed by atoms with van der Waals surface area (Å²) in [7, 11) is -3.46. The monoisotopic (exact) mass is 283 g/mol. The van der Waals surface area contributed by atoms with Crippen LogP contribution in [0.3, 0.4) is 0 Å². The van der Waals surface area contributed by atoms with E-state index in [4.69, 9.17) is 5.73 Å². The summed E-state index contributed by atoms with van der Waals surface area (Å²) in [6.45, 7) is 4.14. The Hall–Kier alpha value is -1.11. The zero-order valence-electron chi connectivity index (χ0n) is 11.3. The van der Waals surface area contributed by atoms with Gasteiger partial charge in [0.2, 0.25) is 10.0 Å².